The first-order valence-electron chi connectivity index (χ1n) is 3.05. The number of thioether (sulfide) groups is 1. The zero-order chi connectivity index (χ0) is 9.02. The summed E-state index contributed by atoms with van der Waals surface area (Å²) in [5.41, 5.74) is 0. The van der Waals surface area contributed by atoms with Gasteiger partial charge in [-0.1, -0.05) is 24.4 Å². The normalized spacial score (nSPS) is 8.33. The van der Waals surface area contributed by atoms with E-state index in [0.29, 0.717) is 0 Å². The van der Waals surface area contributed by atoms with E-state index in [-0.39, 0.29) is 13.5 Å². The minimum atomic E-state index is 0. The molecule has 2 nitrogen and oxygen atoms in total. The minimum Gasteiger partial charge on any atom is -0.363 e. The lowest BCUT2D eigenvalue weighted by molar-refractivity contribution is 0.643. The van der Waals surface area contributed by atoms with Crippen LogP contribution in [0.25, 0.3) is 0 Å². The Morgan fingerprint density at radius 1 is 0.917 bits per heavy atom. The standard InChI is InChI=1S/C6H12N2S3.S/c1-7(2)5(9)11-6(10)8(3)4;/h1-4H3;. The Morgan fingerprint density at radius 2 is 1.17 bits per heavy atom. The first-order valence-corrected chi connectivity index (χ1v) is 4.69. The monoisotopic (exact) mass is 240 g/mol. The number of nitrogens with zero attached hydrogens (tertiary/aromatic N) is 2. The summed E-state index contributed by atoms with van der Waals surface area (Å²) in [5, 5.41) is 0. The SMILES string of the molecule is CN(C)C(=S)SC(=S)N(C)C.[S]. The molecule has 0 saturated heterocycles. The third-order valence-corrected chi connectivity index (χ3v) is 3.21. The second-order valence-electron chi connectivity index (χ2n) is 2.42. The van der Waals surface area contributed by atoms with E-state index in [2.05, 4.69) is 0 Å². The minimum absolute atomic E-state index is 0. The number of hydrogen-bond donors (Lipinski definition) is 0. The Labute approximate surface area is 96.1 Å². The maximum absolute atomic E-state index is 5.05. The molecule has 0 atom stereocenters. The molecule has 6 heteroatoms. The molecule has 0 rings (SSSR count). The highest BCUT2D eigenvalue weighted by molar-refractivity contribution is 8.37. The average Bonchev–Trinajstić information content (AvgIpc) is 1.87. The van der Waals surface area contributed by atoms with Crippen LogP contribution in [-0.2, 0) is 0 Å². The largest absolute Gasteiger partial charge is 0.363 e. The second-order valence-corrected chi connectivity index (χ2v) is 4.69. The molecule has 70 valence electrons. The molecule has 0 amide bonds. The van der Waals surface area contributed by atoms with Crippen molar-refractivity contribution in [1.29, 1.82) is 0 Å². The lowest BCUT2D eigenvalue weighted by Crippen LogP contribution is -2.23. The van der Waals surface area contributed by atoms with Gasteiger partial charge >= 0.3 is 0 Å². The zero-order valence-corrected chi connectivity index (χ0v) is 10.8. The summed E-state index contributed by atoms with van der Waals surface area (Å²) >= 11 is 11.5. The van der Waals surface area contributed by atoms with Crippen molar-refractivity contribution in [3.63, 3.8) is 0 Å². The predicted molar refractivity (Wildman–Crippen MR) is 67.8 cm³/mol. The molecule has 0 aromatic heterocycles. The van der Waals surface area contributed by atoms with Crippen molar-refractivity contribution in [2.24, 2.45) is 0 Å². The first-order chi connectivity index (χ1) is 4.95. The second kappa shape index (κ2) is 6.94. The van der Waals surface area contributed by atoms with E-state index < -0.39 is 0 Å². The highest BCUT2D eigenvalue weighted by Crippen LogP contribution is 2.10. The van der Waals surface area contributed by atoms with Crippen molar-refractivity contribution in [2.45, 2.75) is 0 Å². The molecule has 0 aromatic rings. The van der Waals surface area contributed by atoms with Gasteiger partial charge < -0.3 is 9.80 Å². The summed E-state index contributed by atoms with van der Waals surface area (Å²) in [6.07, 6.45) is 0. The van der Waals surface area contributed by atoms with E-state index in [1.54, 1.807) is 0 Å². The molecule has 0 unspecified atom stereocenters. The number of hydrogen-bond acceptors (Lipinski definition) is 3. The van der Waals surface area contributed by atoms with Crippen LogP contribution >= 0.6 is 49.7 Å². The molecule has 0 aliphatic heterocycles. The van der Waals surface area contributed by atoms with Crippen LogP contribution in [0.2, 0.25) is 0 Å². The van der Waals surface area contributed by atoms with Gasteiger partial charge in [-0.2, -0.15) is 0 Å². The molecule has 0 fully saturated rings. The Bertz CT molecular complexity index is 149. The maximum atomic E-state index is 5.05. The van der Waals surface area contributed by atoms with Crippen LogP contribution in [-0.4, -0.2) is 46.6 Å². The smallest absolute Gasteiger partial charge is 0.142 e. The molecule has 0 heterocycles. The summed E-state index contributed by atoms with van der Waals surface area (Å²) in [6.45, 7) is 0. The van der Waals surface area contributed by atoms with Crippen molar-refractivity contribution in [3.05, 3.63) is 0 Å². The van der Waals surface area contributed by atoms with Crippen molar-refractivity contribution in [1.82, 2.24) is 9.80 Å². The number of rotatable bonds is 0. The summed E-state index contributed by atoms with van der Waals surface area (Å²) in [6, 6.07) is 0. The first kappa shape index (κ1) is 15.0. The lowest BCUT2D eigenvalue weighted by Gasteiger charge is -2.16. The molecule has 0 bridgehead atoms. The van der Waals surface area contributed by atoms with Crippen LogP contribution in [0.1, 0.15) is 0 Å². The highest BCUT2D eigenvalue weighted by Gasteiger charge is 2.05. The van der Waals surface area contributed by atoms with Gasteiger partial charge in [0.2, 0.25) is 0 Å². The van der Waals surface area contributed by atoms with Gasteiger partial charge in [-0.15, -0.1) is 0 Å². The third kappa shape index (κ3) is 6.05. The van der Waals surface area contributed by atoms with E-state index >= 15 is 0 Å². The van der Waals surface area contributed by atoms with Crippen molar-refractivity contribution in [3.8, 4) is 0 Å². The van der Waals surface area contributed by atoms with Crippen LogP contribution < -0.4 is 0 Å². The fourth-order valence-electron chi connectivity index (χ4n) is 0.257. The van der Waals surface area contributed by atoms with E-state index in [0.717, 1.165) is 8.64 Å². The molecule has 0 saturated carbocycles. The van der Waals surface area contributed by atoms with Crippen LogP contribution in [0.15, 0.2) is 0 Å². The van der Waals surface area contributed by atoms with Gasteiger partial charge in [0.25, 0.3) is 0 Å². The zero-order valence-electron chi connectivity index (χ0n) is 7.53. The topological polar surface area (TPSA) is 6.48 Å². The Kier molecular flexibility index (Phi) is 8.66. The number of thiocarbonyl (C=S) groups is 2. The Balaban J connectivity index is 0. The molecule has 12 heavy (non-hydrogen) atoms. The van der Waals surface area contributed by atoms with Crippen LogP contribution in [0, 0.1) is 0 Å². The molecule has 2 radical (unpaired) electrons. The third-order valence-electron chi connectivity index (χ3n) is 0.905. The van der Waals surface area contributed by atoms with Gasteiger partial charge in [0.15, 0.2) is 0 Å². The Hall–Kier alpha value is 0.480. The molecular weight excluding hydrogens is 228 g/mol. The summed E-state index contributed by atoms with van der Waals surface area (Å²) in [4.78, 5) is 3.74. The quantitative estimate of drug-likeness (QED) is 0.596. The van der Waals surface area contributed by atoms with Gasteiger partial charge in [0, 0.05) is 41.7 Å². The molecule has 0 aromatic carbocycles. The van der Waals surface area contributed by atoms with E-state index in [4.69, 9.17) is 24.4 Å². The molecule has 0 N–H and O–H groups in total. The van der Waals surface area contributed by atoms with Crippen LogP contribution in [0.3, 0.4) is 0 Å². The van der Waals surface area contributed by atoms with Crippen LogP contribution in [0.4, 0.5) is 0 Å². The summed E-state index contributed by atoms with van der Waals surface area (Å²) in [7, 11) is 7.64. The fraction of sp³-hybridized carbons (Fsp3) is 0.667. The molecule has 0 aliphatic rings. The summed E-state index contributed by atoms with van der Waals surface area (Å²) < 4.78 is 1.59. The van der Waals surface area contributed by atoms with Gasteiger partial charge in [0.05, 0.1) is 0 Å². The van der Waals surface area contributed by atoms with Gasteiger partial charge in [-0.05, 0) is 11.8 Å². The lowest BCUT2D eigenvalue weighted by atomic mass is 11.0. The van der Waals surface area contributed by atoms with Gasteiger partial charge in [0.1, 0.15) is 8.64 Å². The van der Waals surface area contributed by atoms with Crippen molar-refractivity contribution in [2.75, 3.05) is 28.2 Å². The van der Waals surface area contributed by atoms with E-state index in [1.165, 1.54) is 11.8 Å². The molecular formula is C6H12N2S4. The maximum Gasteiger partial charge on any atom is 0.142 e. The van der Waals surface area contributed by atoms with Crippen molar-refractivity contribution >= 4 is 58.3 Å². The molecule has 0 spiro atoms. The van der Waals surface area contributed by atoms with Crippen LogP contribution in [0.5, 0.6) is 0 Å². The highest BCUT2D eigenvalue weighted by atomic mass is 32.2. The van der Waals surface area contributed by atoms with Crippen molar-refractivity contribution < 1.29 is 0 Å². The van der Waals surface area contributed by atoms with E-state index in [9.17, 15) is 0 Å². The average molecular weight is 240 g/mol. The van der Waals surface area contributed by atoms with Gasteiger partial charge in [-0.25, -0.2) is 0 Å². The predicted octanol–water partition coefficient (Wildman–Crippen LogP) is 2.06. The fourth-order valence-corrected chi connectivity index (χ4v) is 1.40. The summed E-state index contributed by atoms with van der Waals surface area (Å²) in [5.74, 6) is 0. The van der Waals surface area contributed by atoms with Gasteiger partial charge in [-0.3, -0.25) is 0 Å². The van der Waals surface area contributed by atoms with E-state index in [1.807, 2.05) is 38.0 Å². The Morgan fingerprint density at radius 3 is 1.33 bits per heavy atom. The molecule has 0 aliphatic carbocycles.